The molecule has 0 heterocycles. The monoisotopic (exact) mass is 502 g/mol. The second kappa shape index (κ2) is 12.7. The van der Waals surface area contributed by atoms with Gasteiger partial charge in [0.05, 0.1) is 0 Å². The molecule has 2 amide bonds. The molecule has 3 aromatic carbocycles. The molecule has 0 radical (unpaired) electrons. The van der Waals surface area contributed by atoms with E-state index in [-0.39, 0.29) is 17.9 Å². The zero-order chi connectivity index (χ0) is 25.3. The number of amides is 2. The number of carbonyl (C=O) groups is 2. The second-order valence-corrected chi connectivity index (χ2v) is 10.2. The molecular weight excluding hydrogens is 468 g/mol. The molecule has 36 heavy (non-hydrogen) atoms. The molecule has 3 aromatic rings. The Morgan fingerprint density at radius 1 is 0.917 bits per heavy atom. The van der Waals surface area contributed by atoms with Crippen LogP contribution in [0.2, 0.25) is 5.02 Å². The van der Waals surface area contributed by atoms with Crippen LogP contribution < -0.4 is 5.32 Å². The highest BCUT2D eigenvalue weighted by Gasteiger charge is 2.32. The summed E-state index contributed by atoms with van der Waals surface area (Å²) in [6.07, 6.45) is 5.67. The van der Waals surface area contributed by atoms with Gasteiger partial charge in [-0.2, -0.15) is 0 Å². The van der Waals surface area contributed by atoms with Gasteiger partial charge >= 0.3 is 0 Å². The molecule has 1 aliphatic carbocycles. The van der Waals surface area contributed by atoms with Gasteiger partial charge in [-0.15, -0.1) is 0 Å². The summed E-state index contributed by atoms with van der Waals surface area (Å²) in [7, 11) is 0. The van der Waals surface area contributed by atoms with Crippen molar-refractivity contribution in [1.82, 2.24) is 10.2 Å². The van der Waals surface area contributed by atoms with Gasteiger partial charge in [0.2, 0.25) is 11.8 Å². The Balaban J connectivity index is 1.61. The third-order valence-corrected chi connectivity index (χ3v) is 7.39. The molecule has 1 atom stereocenters. The van der Waals surface area contributed by atoms with Crippen LogP contribution in [0.1, 0.15) is 54.4 Å². The quantitative estimate of drug-likeness (QED) is 0.354. The van der Waals surface area contributed by atoms with E-state index in [2.05, 4.69) is 36.5 Å². The van der Waals surface area contributed by atoms with E-state index in [1.54, 1.807) is 4.90 Å². The molecule has 0 aliphatic heterocycles. The molecule has 5 heteroatoms. The van der Waals surface area contributed by atoms with Crippen molar-refractivity contribution in [1.29, 1.82) is 0 Å². The van der Waals surface area contributed by atoms with Crippen molar-refractivity contribution in [3.05, 3.63) is 106 Å². The number of halogens is 1. The molecule has 0 unspecified atom stereocenters. The van der Waals surface area contributed by atoms with E-state index >= 15 is 0 Å². The molecule has 1 fully saturated rings. The first-order valence-electron chi connectivity index (χ1n) is 12.9. The van der Waals surface area contributed by atoms with Crippen LogP contribution in [0.25, 0.3) is 0 Å². The zero-order valence-corrected chi connectivity index (χ0v) is 21.7. The lowest BCUT2D eigenvalue weighted by Crippen LogP contribution is -2.52. The summed E-state index contributed by atoms with van der Waals surface area (Å²) in [6.45, 7) is 2.35. The van der Waals surface area contributed by atoms with E-state index in [1.165, 1.54) is 5.56 Å². The Hall–Kier alpha value is -3.11. The van der Waals surface area contributed by atoms with Crippen molar-refractivity contribution in [2.75, 3.05) is 0 Å². The van der Waals surface area contributed by atoms with Crippen molar-refractivity contribution in [3.8, 4) is 0 Å². The molecule has 0 bridgehead atoms. The maximum Gasteiger partial charge on any atom is 0.243 e. The predicted molar refractivity (Wildman–Crippen MR) is 146 cm³/mol. The molecular formula is C31H35ClN2O2. The van der Waals surface area contributed by atoms with Crippen LogP contribution in [0.4, 0.5) is 0 Å². The van der Waals surface area contributed by atoms with Crippen molar-refractivity contribution >= 4 is 23.4 Å². The van der Waals surface area contributed by atoms with Crippen LogP contribution in [-0.2, 0) is 29.0 Å². The third kappa shape index (κ3) is 7.20. The first-order valence-corrected chi connectivity index (χ1v) is 13.3. The predicted octanol–water partition coefficient (Wildman–Crippen LogP) is 6.28. The summed E-state index contributed by atoms with van der Waals surface area (Å²) in [5.41, 5.74) is 4.17. The van der Waals surface area contributed by atoms with E-state index in [9.17, 15) is 9.59 Å². The minimum atomic E-state index is -0.616. The molecule has 1 N–H and O–H groups in total. The molecule has 4 rings (SSSR count). The van der Waals surface area contributed by atoms with Gasteiger partial charge in [0, 0.05) is 30.5 Å². The lowest BCUT2D eigenvalue weighted by Gasteiger charge is -2.32. The van der Waals surface area contributed by atoms with Gasteiger partial charge in [-0.3, -0.25) is 9.59 Å². The van der Waals surface area contributed by atoms with E-state index < -0.39 is 6.04 Å². The topological polar surface area (TPSA) is 49.4 Å². The summed E-state index contributed by atoms with van der Waals surface area (Å²) >= 11 is 6.50. The SMILES string of the molecule is Cc1ccc(CCC(=O)N(Cc2ccccc2Cl)[C@H](Cc2ccccc2)C(=O)NC2CCCC2)cc1. The summed E-state index contributed by atoms with van der Waals surface area (Å²) < 4.78 is 0. The van der Waals surface area contributed by atoms with E-state index in [0.717, 1.165) is 42.4 Å². The summed E-state index contributed by atoms with van der Waals surface area (Å²) in [6, 6.07) is 25.3. The maximum absolute atomic E-state index is 13.8. The minimum absolute atomic E-state index is 0.0435. The van der Waals surface area contributed by atoms with Gasteiger partial charge in [0.1, 0.15) is 6.04 Å². The van der Waals surface area contributed by atoms with Crippen molar-refractivity contribution < 1.29 is 9.59 Å². The first-order chi connectivity index (χ1) is 17.5. The van der Waals surface area contributed by atoms with E-state index in [0.29, 0.717) is 30.8 Å². The number of aryl methyl sites for hydroxylation is 2. The fourth-order valence-electron chi connectivity index (χ4n) is 4.88. The van der Waals surface area contributed by atoms with Gasteiger partial charge in [0.15, 0.2) is 0 Å². The third-order valence-electron chi connectivity index (χ3n) is 7.02. The Morgan fingerprint density at radius 3 is 2.28 bits per heavy atom. The van der Waals surface area contributed by atoms with Gasteiger partial charge in [-0.1, -0.05) is 103 Å². The van der Waals surface area contributed by atoms with Crippen LogP contribution >= 0.6 is 11.6 Å². The van der Waals surface area contributed by atoms with Crippen molar-refractivity contribution in [2.24, 2.45) is 0 Å². The standard InChI is InChI=1S/C31H35ClN2O2/c1-23-15-17-24(18-16-23)19-20-30(35)34(22-26-11-5-8-14-28(26)32)29(21-25-9-3-2-4-10-25)31(36)33-27-12-6-7-13-27/h2-5,8-11,14-18,27,29H,6-7,12-13,19-22H2,1H3,(H,33,36)/t29-/m1/s1. The molecule has 1 saturated carbocycles. The number of hydrogen-bond acceptors (Lipinski definition) is 2. The summed E-state index contributed by atoms with van der Waals surface area (Å²) in [5, 5.41) is 3.85. The number of nitrogens with zero attached hydrogens (tertiary/aromatic N) is 1. The smallest absolute Gasteiger partial charge is 0.243 e. The summed E-state index contributed by atoms with van der Waals surface area (Å²) in [4.78, 5) is 29.2. The molecule has 188 valence electrons. The fraction of sp³-hybridized carbons (Fsp3) is 0.355. The Morgan fingerprint density at radius 2 is 1.58 bits per heavy atom. The van der Waals surface area contributed by atoms with Gasteiger partial charge in [-0.05, 0) is 48.9 Å². The minimum Gasteiger partial charge on any atom is -0.352 e. The molecule has 0 saturated heterocycles. The Labute approximate surface area is 219 Å². The van der Waals surface area contributed by atoms with Crippen LogP contribution in [0, 0.1) is 6.92 Å². The first kappa shape index (κ1) is 26.0. The lowest BCUT2D eigenvalue weighted by molar-refractivity contribution is -0.141. The van der Waals surface area contributed by atoms with Gasteiger partial charge in [-0.25, -0.2) is 0 Å². The highest BCUT2D eigenvalue weighted by atomic mass is 35.5. The van der Waals surface area contributed by atoms with Crippen LogP contribution in [0.3, 0.4) is 0 Å². The number of benzene rings is 3. The average molecular weight is 503 g/mol. The van der Waals surface area contributed by atoms with Gasteiger partial charge < -0.3 is 10.2 Å². The van der Waals surface area contributed by atoms with Crippen molar-refractivity contribution in [3.63, 3.8) is 0 Å². The van der Waals surface area contributed by atoms with Crippen LogP contribution in [-0.4, -0.2) is 28.8 Å². The number of rotatable bonds is 10. The molecule has 0 spiro atoms. The molecule has 4 nitrogen and oxygen atoms in total. The Bertz CT molecular complexity index is 1140. The van der Waals surface area contributed by atoms with E-state index in [1.807, 2.05) is 54.6 Å². The van der Waals surface area contributed by atoms with E-state index in [4.69, 9.17) is 11.6 Å². The van der Waals surface area contributed by atoms with Crippen LogP contribution in [0.15, 0.2) is 78.9 Å². The fourth-order valence-corrected chi connectivity index (χ4v) is 5.08. The average Bonchev–Trinajstić information content (AvgIpc) is 3.40. The molecule has 1 aliphatic rings. The van der Waals surface area contributed by atoms with Crippen LogP contribution in [0.5, 0.6) is 0 Å². The van der Waals surface area contributed by atoms with Crippen molar-refractivity contribution in [2.45, 2.75) is 70.5 Å². The zero-order valence-electron chi connectivity index (χ0n) is 21.0. The Kier molecular flexibility index (Phi) is 9.18. The summed E-state index contributed by atoms with van der Waals surface area (Å²) in [5.74, 6) is -0.125. The largest absolute Gasteiger partial charge is 0.352 e. The number of carbonyl (C=O) groups excluding carboxylic acids is 2. The van der Waals surface area contributed by atoms with Gasteiger partial charge in [0.25, 0.3) is 0 Å². The highest BCUT2D eigenvalue weighted by molar-refractivity contribution is 6.31. The number of hydrogen-bond donors (Lipinski definition) is 1. The second-order valence-electron chi connectivity index (χ2n) is 9.79. The maximum atomic E-state index is 13.8. The number of nitrogens with one attached hydrogen (secondary N) is 1. The normalized spacial score (nSPS) is 14.4. The highest BCUT2D eigenvalue weighted by Crippen LogP contribution is 2.23. The lowest BCUT2D eigenvalue weighted by atomic mass is 10.0. The molecule has 0 aromatic heterocycles.